The number of hydrogen-bond acceptors (Lipinski definition) is 2. The summed E-state index contributed by atoms with van der Waals surface area (Å²) in [7, 11) is 2.17. The third-order valence-electron chi connectivity index (χ3n) is 3.34. The maximum absolute atomic E-state index is 10.8. The van der Waals surface area contributed by atoms with Gasteiger partial charge in [-0.3, -0.25) is 0 Å². The van der Waals surface area contributed by atoms with E-state index >= 15 is 0 Å². The number of likely N-dealkylation sites (tertiary alicyclic amines) is 1. The molecule has 2 rings (SSSR count). The average molecular weight is 233 g/mol. The van der Waals surface area contributed by atoms with Gasteiger partial charge in [-0.2, -0.15) is 0 Å². The number of primary amides is 1. The highest BCUT2D eigenvalue weighted by Crippen LogP contribution is 2.20. The Kier molecular flexibility index (Phi) is 3.64. The van der Waals surface area contributed by atoms with Gasteiger partial charge < -0.3 is 16.0 Å². The van der Waals surface area contributed by atoms with Crippen LogP contribution in [-0.4, -0.2) is 30.6 Å². The number of nitrogens with one attached hydrogen (secondary N) is 1. The molecule has 3 N–H and O–H groups in total. The fraction of sp³-hybridized carbons (Fsp3) is 0.462. The maximum Gasteiger partial charge on any atom is 0.316 e. The molecule has 1 atom stereocenters. The predicted octanol–water partition coefficient (Wildman–Crippen LogP) is 1.81. The second-order valence-electron chi connectivity index (χ2n) is 4.67. The second-order valence-corrected chi connectivity index (χ2v) is 4.67. The van der Waals surface area contributed by atoms with E-state index in [4.69, 9.17) is 5.73 Å². The highest BCUT2D eigenvalue weighted by molar-refractivity contribution is 5.87. The van der Waals surface area contributed by atoms with E-state index < -0.39 is 6.03 Å². The summed E-state index contributed by atoms with van der Waals surface area (Å²) < 4.78 is 0. The molecule has 17 heavy (non-hydrogen) atoms. The summed E-state index contributed by atoms with van der Waals surface area (Å²) in [6.07, 6.45) is 3.56. The van der Waals surface area contributed by atoms with Crippen LogP contribution in [-0.2, 0) is 6.42 Å². The summed E-state index contributed by atoms with van der Waals surface area (Å²) >= 11 is 0. The first-order chi connectivity index (χ1) is 8.15. The molecule has 92 valence electrons. The lowest BCUT2D eigenvalue weighted by molar-refractivity contribution is 0.259. The van der Waals surface area contributed by atoms with Crippen molar-refractivity contribution < 1.29 is 4.79 Å². The number of nitrogens with two attached hydrogens (primary N) is 1. The van der Waals surface area contributed by atoms with Gasteiger partial charge in [0.2, 0.25) is 0 Å². The van der Waals surface area contributed by atoms with Crippen molar-refractivity contribution in [3.63, 3.8) is 0 Å². The molecule has 0 radical (unpaired) electrons. The monoisotopic (exact) mass is 233 g/mol. The normalized spacial score (nSPS) is 20.4. The van der Waals surface area contributed by atoms with Gasteiger partial charge in [0.25, 0.3) is 0 Å². The largest absolute Gasteiger partial charge is 0.351 e. The number of likely N-dealkylation sites (N-methyl/N-ethyl adjacent to an activating group) is 1. The lowest BCUT2D eigenvalue weighted by atomic mass is 10.0. The molecule has 1 aliphatic heterocycles. The van der Waals surface area contributed by atoms with Gasteiger partial charge in [-0.1, -0.05) is 12.1 Å². The molecule has 1 aromatic carbocycles. The van der Waals surface area contributed by atoms with E-state index in [1.165, 1.54) is 24.9 Å². The van der Waals surface area contributed by atoms with Gasteiger partial charge >= 0.3 is 6.03 Å². The Balaban J connectivity index is 2.03. The van der Waals surface area contributed by atoms with Gasteiger partial charge in [0.1, 0.15) is 0 Å². The number of carbonyl (C=O) groups is 1. The lowest BCUT2D eigenvalue weighted by Gasteiger charge is -2.19. The zero-order valence-corrected chi connectivity index (χ0v) is 10.1. The van der Waals surface area contributed by atoms with Crippen LogP contribution in [0.5, 0.6) is 0 Å². The molecule has 0 aliphatic carbocycles. The summed E-state index contributed by atoms with van der Waals surface area (Å²) in [6, 6.07) is 8.01. The number of amides is 2. The van der Waals surface area contributed by atoms with Crippen molar-refractivity contribution in [2.24, 2.45) is 5.73 Å². The van der Waals surface area contributed by atoms with Crippen LogP contribution >= 0.6 is 0 Å². The average Bonchev–Trinajstić information content (AvgIpc) is 2.64. The quantitative estimate of drug-likeness (QED) is 0.836. The number of carbonyl (C=O) groups excluding carboxylic acids is 1. The Morgan fingerprint density at radius 2 is 2.41 bits per heavy atom. The fourth-order valence-electron chi connectivity index (χ4n) is 2.43. The minimum Gasteiger partial charge on any atom is -0.351 e. The zero-order valence-electron chi connectivity index (χ0n) is 10.1. The number of benzene rings is 1. The van der Waals surface area contributed by atoms with Crippen molar-refractivity contribution >= 4 is 11.7 Å². The van der Waals surface area contributed by atoms with Crippen LogP contribution in [0.4, 0.5) is 10.5 Å². The SMILES string of the molecule is CN1CCCC1Cc1cccc(NC(N)=O)c1. The fourth-order valence-corrected chi connectivity index (χ4v) is 2.43. The number of nitrogens with zero attached hydrogens (tertiary/aromatic N) is 1. The van der Waals surface area contributed by atoms with Gasteiger partial charge in [-0.15, -0.1) is 0 Å². The van der Waals surface area contributed by atoms with Crippen molar-refractivity contribution in [3.8, 4) is 0 Å². The van der Waals surface area contributed by atoms with Crippen LogP contribution in [0.25, 0.3) is 0 Å². The molecule has 1 aliphatic rings. The van der Waals surface area contributed by atoms with Gasteiger partial charge in [0.05, 0.1) is 0 Å². The molecule has 4 heteroatoms. The standard InChI is InChI=1S/C13H19N3O/c1-16-7-3-6-12(16)9-10-4-2-5-11(8-10)15-13(14)17/h2,4-5,8,12H,3,6-7,9H2,1H3,(H3,14,15,17). The van der Waals surface area contributed by atoms with Crippen molar-refractivity contribution in [2.75, 3.05) is 18.9 Å². The molecule has 2 amide bonds. The van der Waals surface area contributed by atoms with Gasteiger partial charge in [-0.25, -0.2) is 4.79 Å². The third kappa shape index (κ3) is 3.20. The molecule has 0 spiro atoms. The van der Waals surface area contributed by atoms with Crippen molar-refractivity contribution in [3.05, 3.63) is 29.8 Å². The molecule has 0 aromatic heterocycles. The van der Waals surface area contributed by atoms with Crippen molar-refractivity contribution in [1.82, 2.24) is 4.90 Å². The van der Waals surface area contributed by atoms with E-state index in [-0.39, 0.29) is 0 Å². The first kappa shape index (κ1) is 11.9. The Bertz CT molecular complexity index is 405. The molecule has 1 saturated heterocycles. The first-order valence-electron chi connectivity index (χ1n) is 6.01. The molecule has 1 unspecified atom stereocenters. The zero-order chi connectivity index (χ0) is 12.3. The number of rotatable bonds is 3. The van der Waals surface area contributed by atoms with Crippen LogP contribution in [0.1, 0.15) is 18.4 Å². The van der Waals surface area contributed by atoms with Crippen LogP contribution in [0, 0.1) is 0 Å². The van der Waals surface area contributed by atoms with Gasteiger partial charge in [-0.05, 0) is 50.6 Å². The predicted molar refractivity (Wildman–Crippen MR) is 69.0 cm³/mol. The van der Waals surface area contributed by atoms with Gasteiger partial charge in [0.15, 0.2) is 0 Å². The van der Waals surface area contributed by atoms with Crippen LogP contribution < -0.4 is 11.1 Å². The van der Waals surface area contributed by atoms with E-state index in [9.17, 15) is 4.79 Å². The third-order valence-corrected chi connectivity index (χ3v) is 3.34. The molecule has 0 bridgehead atoms. The summed E-state index contributed by atoms with van der Waals surface area (Å²) in [5.74, 6) is 0. The van der Waals surface area contributed by atoms with Crippen LogP contribution in [0.3, 0.4) is 0 Å². The molecule has 1 fully saturated rings. The first-order valence-corrected chi connectivity index (χ1v) is 6.01. The van der Waals surface area contributed by atoms with Crippen molar-refractivity contribution in [2.45, 2.75) is 25.3 Å². The molecule has 1 heterocycles. The van der Waals surface area contributed by atoms with E-state index in [1.807, 2.05) is 18.2 Å². The minimum absolute atomic E-state index is 0.514. The Labute approximate surface area is 102 Å². The summed E-state index contributed by atoms with van der Waals surface area (Å²) in [5.41, 5.74) is 7.12. The summed E-state index contributed by atoms with van der Waals surface area (Å²) in [4.78, 5) is 13.2. The van der Waals surface area contributed by atoms with Crippen LogP contribution in [0.2, 0.25) is 0 Å². The molecule has 1 aromatic rings. The molecular weight excluding hydrogens is 214 g/mol. The second kappa shape index (κ2) is 5.19. The number of urea groups is 1. The maximum atomic E-state index is 10.8. The van der Waals surface area contributed by atoms with E-state index in [0.717, 1.165) is 12.1 Å². The smallest absolute Gasteiger partial charge is 0.316 e. The Morgan fingerprint density at radius 3 is 3.06 bits per heavy atom. The number of anilines is 1. The number of hydrogen-bond donors (Lipinski definition) is 2. The van der Waals surface area contributed by atoms with Crippen LogP contribution in [0.15, 0.2) is 24.3 Å². The molecular formula is C13H19N3O. The van der Waals surface area contributed by atoms with E-state index in [1.54, 1.807) is 0 Å². The minimum atomic E-state index is -0.514. The Morgan fingerprint density at radius 1 is 1.59 bits per heavy atom. The summed E-state index contributed by atoms with van der Waals surface area (Å²) in [5, 5.41) is 2.61. The van der Waals surface area contributed by atoms with Crippen molar-refractivity contribution in [1.29, 1.82) is 0 Å². The summed E-state index contributed by atoms with van der Waals surface area (Å²) in [6.45, 7) is 1.18. The van der Waals surface area contributed by atoms with E-state index in [2.05, 4.69) is 23.3 Å². The Hall–Kier alpha value is -1.55. The van der Waals surface area contributed by atoms with Gasteiger partial charge in [0, 0.05) is 11.7 Å². The highest BCUT2D eigenvalue weighted by Gasteiger charge is 2.20. The topological polar surface area (TPSA) is 58.4 Å². The highest BCUT2D eigenvalue weighted by atomic mass is 16.2. The molecule has 4 nitrogen and oxygen atoms in total. The molecule has 0 saturated carbocycles. The lowest BCUT2D eigenvalue weighted by Crippen LogP contribution is -2.26. The van der Waals surface area contributed by atoms with E-state index in [0.29, 0.717) is 6.04 Å².